The van der Waals surface area contributed by atoms with Crippen molar-refractivity contribution in [2.24, 2.45) is 0 Å². The van der Waals surface area contributed by atoms with Crippen LogP contribution in [0.4, 0.5) is 0 Å². The zero-order valence-corrected chi connectivity index (χ0v) is 11.2. The molecule has 0 aliphatic rings. The summed E-state index contributed by atoms with van der Waals surface area (Å²) in [7, 11) is 3.07. The van der Waals surface area contributed by atoms with Crippen molar-refractivity contribution in [2.75, 3.05) is 14.2 Å². The number of ether oxygens (including phenoxy) is 2. The molecule has 0 aliphatic heterocycles. The standard InChI is InChI=1S/C13H12O5S/c1-17-9-3-7-4-12(8(14)5-13(15)16)19-11(7)6-10(9)18-2/h3-4,6H,5H2,1-2H3,(H,15,16). The molecule has 0 bridgehead atoms. The van der Waals surface area contributed by atoms with Crippen LogP contribution >= 0.6 is 11.3 Å². The minimum atomic E-state index is -1.13. The minimum absolute atomic E-state index is 0.397. The molecule has 5 nitrogen and oxygen atoms in total. The number of carboxylic acid groups (broad SMARTS) is 1. The smallest absolute Gasteiger partial charge is 0.311 e. The molecule has 1 N–H and O–H groups in total. The van der Waals surface area contributed by atoms with Gasteiger partial charge in [0.25, 0.3) is 0 Å². The number of carbonyl (C=O) groups excluding carboxylic acids is 1. The van der Waals surface area contributed by atoms with Gasteiger partial charge in [0.15, 0.2) is 17.3 Å². The van der Waals surface area contributed by atoms with Gasteiger partial charge in [-0.2, -0.15) is 0 Å². The molecule has 0 unspecified atom stereocenters. The summed E-state index contributed by atoms with van der Waals surface area (Å²) in [6.45, 7) is 0. The van der Waals surface area contributed by atoms with E-state index < -0.39 is 18.2 Å². The molecule has 0 atom stereocenters. The van der Waals surface area contributed by atoms with E-state index in [9.17, 15) is 9.59 Å². The fraction of sp³-hybridized carbons (Fsp3) is 0.231. The molecule has 0 amide bonds. The van der Waals surface area contributed by atoms with E-state index in [1.54, 1.807) is 18.2 Å². The van der Waals surface area contributed by atoms with Crippen LogP contribution in [0.2, 0.25) is 0 Å². The Labute approximate surface area is 113 Å². The second-order valence-corrected chi connectivity index (χ2v) is 4.93. The third-order valence-electron chi connectivity index (χ3n) is 2.61. The number of aliphatic carboxylic acids is 1. The zero-order valence-electron chi connectivity index (χ0n) is 10.4. The molecule has 1 aromatic heterocycles. The SMILES string of the molecule is COc1cc2cc(C(=O)CC(=O)O)sc2cc1OC. The summed E-state index contributed by atoms with van der Waals surface area (Å²) in [6.07, 6.45) is -0.499. The Bertz CT molecular complexity index is 603. The fourth-order valence-corrected chi connectivity index (χ4v) is 2.74. The largest absolute Gasteiger partial charge is 0.493 e. The lowest BCUT2D eigenvalue weighted by Gasteiger charge is -2.06. The number of hydrogen-bond acceptors (Lipinski definition) is 5. The van der Waals surface area contributed by atoms with Crippen molar-refractivity contribution in [3.63, 3.8) is 0 Å². The first-order valence-corrected chi connectivity index (χ1v) is 6.27. The van der Waals surface area contributed by atoms with Crippen molar-refractivity contribution in [1.29, 1.82) is 0 Å². The van der Waals surface area contributed by atoms with Crippen LogP contribution in [0.5, 0.6) is 11.5 Å². The number of benzene rings is 1. The highest BCUT2D eigenvalue weighted by molar-refractivity contribution is 7.20. The van der Waals surface area contributed by atoms with E-state index in [1.165, 1.54) is 25.6 Å². The molecule has 19 heavy (non-hydrogen) atoms. The molecule has 2 rings (SSSR count). The highest BCUT2D eigenvalue weighted by Gasteiger charge is 2.15. The van der Waals surface area contributed by atoms with Crippen LogP contribution in [0.15, 0.2) is 18.2 Å². The van der Waals surface area contributed by atoms with Crippen LogP contribution in [-0.2, 0) is 4.79 Å². The predicted octanol–water partition coefficient (Wildman–Crippen LogP) is 2.58. The van der Waals surface area contributed by atoms with Gasteiger partial charge >= 0.3 is 5.97 Å². The number of carboxylic acids is 1. The monoisotopic (exact) mass is 280 g/mol. The predicted molar refractivity (Wildman–Crippen MR) is 71.5 cm³/mol. The van der Waals surface area contributed by atoms with E-state index in [4.69, 9.17) is 14.6 Å². The second-order valence-electron chi connectivity index (χ2n) is 3.85. The maximum absolute atomic E-state index is 11.7. The average Bonchev–Trinajstić information content (AvgIpc) is 2.78. The van der Waals surface area contributed by atoms with Gasteiger partial charge in [0, 0.05) is 10.8 Å². The van der Waals surface area contributed by atoms with Gasteiger partial charge in [-0.05, 0) is 17.5 Å². The van der Waals surface area contributed by atoms with Gasteiger partial charge in [-0.15, -0.1) is 11.3 Å². The maximum atomic E-state index is 11.7. The normalized spacial score (nSPS) is 10.4. The summed E-state index contributed by atoms with van der Waals surface area (Å²) in [4.78, 5) is 22.7. The van der Waals surface area contributed by atoms with Gasteiger partial charge in [-0.25, -0.2) is 0 Å². The van der Waals surface area contributed by atoms with Gasteiger partial charge in [0.1, 0.15) is 6.42 Å². The van der Waals surface area contributed by atoms with Gasteiger partial charge in [0.2, 0.25) is 0 Å². The summed E-state index contributed by atoms with van der Waals surface area (Å²) < 4.78 is 11.2. The molecule has 6 heteroatoms. The maximum Gasteiger partial charge on any atom is 0.311 e. The number of rotatable bonds is 5. The Morgan fingerprint density at radius 3 is 2.37 bits per heavy atom. The van der Waals surface area contributed by atoms with Crippen LogP contribution in [0.25, 0.3) is 10.1 Å². The second kappa shape index (κ2) is 5.27. The fourth-order valence-electron chi connectivity index (χ4n) is 1.73. The van der Waals surface area contributed by atoms with Gasteiger partial charge in [-0.3, -0.25) is 9.59 Å². The summed E-state index contributed by atoms with van der Waals surface area (Å²) in [5.41, 5.74) is 0. The van der Waals surface area contributed by atoms with E-state index in [0.29, 0.717) is 16.4 Å². The molecule has 0 fully saturated rings. The van der Waals surface area contributed by atoms with Crippen LogP contribution in [0, 0.1) is 0 Å². The number of thiophene rings is 1. The third-order valence-corrected chi connectivity index (χ3v) is 3.75. The number of Topliss-reactive ketones (excluding diaryl/α,β-unsaturated/α-hetero) is 1. The minimum Gasteiger partial charge on any atom is -0.493 e. The van der Waals surface area contributed by atoms with E-state index in [1.807, 2.05) is 0 Å². The average molecular weight is 280 g/mol. The summed E-state index contributed by atoms with van der Waals surface area (Å²) >= 11 is 1.25. The van der Waals surface area contributed by atoms with Crippen molar-refractivity contribution in [1.82, 2.24) is 0 Å². The Balaban J connectivity index is 2.45. The number of hydrogen-bond donors (Lipinski definition) is 1. The van der Waals surface area contributed by atoms with Crippen LogP contribution in [-0.4, -0.2) is 31.1 Å². The third kappa shape index (κ3) is 2.68. The van der Waals surface area contributed by atoms with Crippen LogP contribution in [0.1, 0.15) is 16.1 Å². The first kappa shape index (κ1) is 13.4. The van der Waals surface area contributed by atoms with Gasteiger partial charge in [0.05, 0.1) is 19.1 Å². The summed E-state index contributed by atoms with van der Waals surface area (Å²) in [5, 5.41) is 9.46. The molecule has 1 aromatic carbocycles. The molecule has 0 saturated carbocycles. The first-order chi connectivity index (χ1) is 9.05. The molecule has 2 aromatic rings. The lowest BCUT2D eigenvalue weighted by atomic mass is 10.2. The number of methoxy groups -OCH3 is 2. The summed E-state index contributed by atoms with van der Waals surface area (Å²) in [5.74, 6) is -0.372. The highest BCUT2D eigenvalue weighted by atomic mass is 32.1. The van der Waals surface area contributed by atoms with Crippen molar-refractivity contribution in [3.05, 3.63) is 23.1 Å². The first-order valence-electron chi connectivity index (χ1n) is 5.45. The summed E-state index contributed by atoms with van der Waals surface area (Å²) in [6, 6.07) is 5.21. The van der Waals surface area contributed by atoms with Crippen molar-refractivity contribution in [3.8, 4) is 11.5 Å². The van der Waals surface area contributed by atoms with E-state index >= 15 is 0 Å². The molecule has 0 aliphatic carbocycles. The van der Waals surface area contributed by atoms with E-state index in [0.717, 1.165) is 10.1 Å². The van der Waals surface area contributed by atoms with Gasteiger partial charge < -0.3 is 14.6 Å². The highest BCUT2D eigenvalue weighted by Crippen LogP contribution is 2.36. The lowest BCUT2D eigenvalue weighted by molar-refractivity contribution is -0.135. The van der Waals surface area contributed by atoms with Crippen molar-refractivity contribution >= 4 is 33.2 Å². The molecule has 100 valence electrons. The Hall–Kier alpha value is -2.08. The number of ketones is 1. The molecule has 0 saturated heterocycles. The quantitative estimate of drug-likeness (QED) is 0.673. The molecule has 0 spiro atoms. The number of carbonyl (C=O) groups is 2. The molecule has 0 radical (unpaired) electrons. The number of fused-ring (bicyclic) bond motifs is 1. The molecular formula is C13H12O5S. The lowest BCUT2D eigenvalue weighted by Crippen LogP contribution is -2.04. The topological polar surface area (TPSA) is 72.8 Å². The Kier molecular flexibility index (Phi) is 3.71. The Morgan fingerprint density at radius 1 is 1.16 bits per heavy atom. The van der Waals surface area contributed by atoms with E-state index in [-0.39, 0.29) is 0 Å². The van der Waals surface area contributed by atoms with Crippen LogP contribution in [0.3, 0.4) is 0 Å². The zero-order chi connectivity index (χ0) is 14.0. The Morgan fingerprint density at radius 2 is 1.79 bits per heavy atom. The van der Waals surface area contributed by atoms with Gasteiger partial charge in [-0.1, -0.05) is 0 Å². The van der Waals surface area contributed by atoms with E-state index in [2.05, 4.69) is 0 Å². The molecular weight excluding hydrogens is 268 g/mol. The molecule has 1 heterocycles. The van der Waals surface area contributed by atoms with Crippen molar-refractivity contribution < 1.29 is 24.2 Å². The van der Waals surface area contributed by atoms with Crippen molar-refractivity contribution in [2.45, 2.75) is 6.42 Å². The van der Waals surface area contributed by atoms with Crippen LogP contribution < -0.4 is 9.47 Å².